The molecule has 0 aliphatic carbocycles. The summed E-state index contributed by atoms with van der Waals surface area (Å²) >= 11 is 0. The lowest BCUT2D eigenvalue weighted by Gasteiger charge is -2.17. The molecule has 0 bridgehead atoms. The Bertz CT molecular complexity index is 610. The minimum atomic E-state index is -0.0478. The van der Waals surface area contributed by atoms with Gasteiger partial charge in [0.05, 0.1) is 6.54 Å². The molecule has 6 heteroatoms. The molecule has 6 nitrogen and oxygen atoms in total. The third-order valence-electron chi connectivity index (χ3n) is 3.44. The van der Waals surface area contributed by atoms with Crippen molar-refractivity contribution in [2.24, 2.45) is 0 Å². The fourth-order valence-electron chi connectivity index (χ4n) is 2.33. The van der Waals surface area contributed by atoms with Gasteiger partial charge in [-0.05, 0) is 12.5 Å². The van der Waals surface area contributed by atoms with Gasteiger partial charge in [-0.2, -0.15) is 0 Å². The van der Waals surface area contributed by atoms with Gasteiger partial charge in [0.1, 0.15) is 17.5 Å². The van der Waals surface area contributed by atoms with Crippen molar-refractivity contribution in [1.82, 2.24) is 24.7 Å². The van der Waals surface area contributed by atoms with Crippen molar-refractivity contribution < 1.29 is 0 Å². The van der Waals surface area contributed by atoms with Crippen molar-refractivity contribution in [2.75, 3.05) is 5.32 Å². The Kier molecular flexibility index (Phi) is 3.16. The van der Waals surface area contributed by atoms with Gasteiger partial charge in [-0.25, -0.2) is 9.97 Å². The average molecular weight is 272 g/mol. The molecule has 0 atom stereocenters. The summed E-state index contributed by atoms with van der Waals surface area (Å²) in [5, 5.41) is 11.8. The molecular formula is C14H20N6. The first-order valence-corrected chi connectivity index (χ1v) is 7.02. The molecule has 1 N–H and O–H groups in total. The van der Waals surface area contributed by atoms with Gasteiger partial charge >= 0.3 is 0 Å². The minimum absolute atomic E-state index is 0.0478. The number of aromatic nitrogens is 5. The number of anilines is 1. The van der Waals surface area contributed by atoms with Crippen LogP contribution in [0.4, 0.5) is 5.82 Å². The first kappa shape index (κ1) is 13.0. The highest BCUT2D eigenvalue weighted by molar-refractivity contribution is 5.34. The van der Waals surface area contributed by atoms with Crippen LogP contribution in [0.25, 0.3) is 0 Å². The Balaban J connectivity index is 1.72. The van der Waals surface area contributed by atoms with Gasteiger partial charge in [-0.1, -0.05) is 20.8 Å². The summed E-state index contributed by atoms with van der Waals surface area (Å²) in [4.78, 5) is 8.89. The normalized spacial score (nSPS) is 14.3. The van der Waals surface area contributed by atoms with Crippen LogP contribution in [-0.2, 0) is 24.9 Å². The number of hydrogen-bond donors (Lipinski definition) is 1. The molecule has 1 aliphatic heterocycles. The lowest BCUT2D eigenvalue weighted by atomic mass is 9.96. The molecule has 0 saturated heterocycles. The maximum absolute atomic E-state index is 4.56. The SMILES string of the molecule is CC(C)(C)c1nccc(NCc2nnc3n2CCC3)n1. The van der Waals surface area contributed by atoms with E-state index in [4.69, 9.17) is 0 Å². The Hall–Kier alpha value is -1.98. The van der Waals surface area contributed by atoms with Crippen LogP contribution < -0.4 is 5.32 Å². The maximum atomic E-state index is 4.56. The zero-order valence-corrected chi connectivity index (χ0v) is 12.2. The number of hydrogen-bond acceptors (Lipinski definition) is 5. The van der Waals surface area contributed by atoms with Gasteiger partial charge in [-0.3, -0.25) is 0 Å². The standard InChI is InChI=1S/C14H20N6/c1-14(2,3)13-15-7-6-10(17-13)16-9-12-19-18-11-5-4-8-20(11)12/h6-7H,4-5,8-9H2,1-3H3,(H,15,16,17). The molecule has 106 valence electrons. The molecule has 2 aromatic rings. The average Bonchev–Trinajstić information content (AvgIpc) is 2.99. The highest BCUT2D eigenvalue weighted by atomic mass is 15.3. The van der Waals surface area contributed by atoms with Crippen LogP contribution in [0.5, 0.6) is 0 Å². The molecule has 0 fully saturated rings. The van der Waals surface area contributed by atoms with E-state index in [2.05, 4.69) is 50.8 Å². The van der Waals surface area contributed by atoms with Crippen molar-refractivity contribution in [3.63, 3.8) is 0 Å². The third kappa shape index (κ3) is 2.50. The van der Waals surface area contributed by atoms with Crippen LogP contribution in [0, 0.1) is 0 Å². The molecule has 2 aromatic heterocycles. The summed E-state index contributed by atoms with van der Waals surface area (Å²) in [6.07, 6.45) is 4.00. The number of rotatable bonds is 3. The summed E-state index contributed by atoms with van der Waals surface area (Å²) < 4.78 is 2.19. The van der Waals surface area contributed by atoms with E-state index in [0.29, 0.717) is 6.54 Å². The van der Waals surface area contributed by atoms with Crippen molar-refractivity contribution in [3.8, 4) is 0 Å². The summed E-state index contributed by atoms with van der Waals surface area (Å²) in [5.74, 6) is 3.75. The zero-order chi connectivity index (χ0) is 14.2. The fraction of sp³-hybridized carbons (Fsp3) is 0.571. The summed E-state index contributed by atoms with van der Waals surface area (Å²) in [7, 11) is 0. The molecule has 3 heterocycles. The van der Waals surface area contributed by atoms with Crippen LogP contribution in [0.15, 0.2) is 12.3 Å². The summed E-state index contributed by atoms with van der Waals surface area (Å²) in [6.45, 7) is 8.00. The van der Waals surface area contributed by atoms with Crippen LogP contribution in [-0.4, -0.2) is 24.7 Å². The Morgan fingerprint density at radius 2 is 2.15 bits per heavy atom. The lowest BCUT2D eigenvalue weighted by Crippen LogP contribution is -2.17. The zero-order valence-electron chi connectivity index (χ0n) is 12.2. The predicted octanol–water partition coefficient (Wildman–Crippen LogP) is 1.92. The molecule has 0 spiro atoms. The smallest absolute Gasteiger partial charge is 0.152 e. The number of fused-ring (bicyclic) bond motifs is 1. The predicted molar refractivity (Wildman–Crippen MR) is 76.4 cm³/mol. The summed E-state index contributed by atoms with van der Waals surface area (Å²) in [5.41, 5.74) is -0.0478. The lowest BCUT2D eigenvalue weighted by molar-refractivity contribution is 0.545. The third-order valence-corrected chi connectivity index (χ3v) is 3.44. The maximum Gasteiger partial charge on any atom is 0.152 e. The van der Waals surface area contributed by atoms with E-state index in [1.54, 1.807) is 6.20 Å². The van der Waals surface area contributed by atoms with E-state index >= 15 is 0 Å². The Morgan fingerprint density at radius 1 is 1.30 bits per heavy atom. The first-order chi connectivity index (χ1) is 9.54. The molecule has 0 unspecified atom stereocenters. The highest BCUT2D eigenvalue weighted by Crippen LogP contribution is 2.19. The highest BCUT2D eigenvalue weighted by Gasteiger charge is 2.19. The van der Waals surface area contributed by atoms with Gasteiger partial charge in [-0.15, -0.1) is 10.2 Å². The molecule has 0 radical (unpaired) electrons. The van der Waals surface area contributed by atoms with Crippen molar-refractivity contribution in [2.45, 2.75) is 52.1 Å². The molecule has 0 aromatic carbocycles. The fourth-order valence-corrected chi connectivity index (χ4v) is 2.33. The Labute approximate surface area is 118 Å². The van der Waals surface area contributed by atoms with Crippen LogP contribution >= 0.6 is 0 Å². The van der Waals surface area contributed by atoms with Gasteiger partial charge in [0.2, 0.25) is 0 Å². The second-order valence-electron chi connectivity index (χ2n) is 6.16. The Morgan fingerprint density at radius 3 is 2.95 bits per heavy atom. The van der Waals surface area contributed by atoms with Gasteiger partial charge in [0.15, 0.2) is 5.82 Å². The van der Waals surface area contributed by atoms with Crippen LogP contribution in [0.1, 0.15) is 44.7 Å². The van der Waals surface area contributed by atoms with Crippen LogP contribution in [0.2, 0.25) is 0 Å². The summed E-state index contributed by atoms with van der Waals surface area (Å²) in [6, 6.07) is 1.89. The number of nitrogens with zero attached hydrogens (tertiary/aromatic N) is 5. The quantitative estimate of drug-likeness (QED) is 0.924. The number of nitrogens with one attached hydrogen (secondary N) is 1. The molecule has 3 rings (SSSR count). The van der Waals surface area contributed by atoms with E-state index in [9.17, 15) is 0 Å². The molecule has 0 saturated carbocycles. The molecule has 20 heavy (non-hydrogen) atoms. The second-order valence-corrected chi connectivity index (χ2v) is 6.16. The topological polar surface area (TPSA) is 68.5 Å². The van der Waals surface area contributed by atoms with Crippen molar-refractivity contribution in [1.29, 1.82) is 0 Å². The van der Waals surface area contributed by atoms with E-state index in [1.807, 2.05) is 6.07 Å². The largest absolute Gasteiger partial charge is 0.363 e. The van der Waals surface area contributed by atoms with E-state index < -0.39 is 0 Å². The molecule has 0 amide bonds. The van der Waals surface area contributed by atoms with E-state index in [0.717, 1.165) is 36.3 Å². The molecular weight excluding hydrogens is 252 g/mol. The van der Waals surface area contributed by atoms with Crippen molar-refractivity contribution >= 4 is 5.82 Å². The first-order valence-electron chi connectivity index (χ1n) is 7.02. The van der Waals surface area contributed by atoms with Crippen molar-refractivity contribution in [3.05, 3.63) is 29.7 Å². The minimum Gasteiger partial charge on any atom is -0.363 e. The number of aryl methyl sites for hydroxylation is 1. The monoisotopic (exact) mass is 272 g/mol. The van der Waals surface area contributed by atoms with Gasteiger partial charge in [0.25, 0.3) is 0 Å². The van der Waals surface area contributed by atoms with Crippen LogP contribution in [0.3, 0.4) is 0 Å². The van der Waals surface area contributed by atoms with E-state index in [-0.39, 0.29) is 5.41 Å². The van der Waals surface area contributed by atoms with E-state index in [1.165, 1.54) is 6.42 Å². The van der Waals surface area contributed by atoms with Gasteiger partial charge < -0.3 is 9.88 Å². The molecule has 1 aliphatic rings. The second kappa shape index (κ2) is 4.85. The van der Waals surface area contributed by atoms with Gasteiger partial charge in [0, 0.05) is 24.6 Å².